The molecule has 2 rings (SSSR count). The van der Waals surface area contributed by atoms with Crippen molar-refractivity contribution in [2.24, 2.45) is 5.92 Å². The van der Waals surface area contributed by atoms with E-state index in [0.717, 1.165) is 30.0 Å². The number of nitrogens with one attached hydrogen (secondary N) is 1. The van der Waals surface area contributed by atoms with Crippen LogP contribution in [0.25, 0.3) is 0 Å². The van der Waals surface area contributed by atoms with Gasteiger partial charge in [0.2, 0.25) is 0 Å². The molecule has 0 aromatic heterocycles. The molecule has 0 spiro atoms. The zero-order chi connectivity index (χ0) is 13.7. The molecule has 1 N–H and O–H groups in total. The fourth-order valence-electron chi connectivity index (χ4n) is 3.26. The maximum Gasteiger partial charge on any atom is 0.130 e. The van der Waals surface area contributed by atoms with E-state index in [4.69, 9.17) is 0 Å². The molecule has 106 valence electrons. The normalized spacial score (nSPS) is 18.5. The van der Waals surface area contributed by atoms with Crippen LogP contribution >= 0.6 is 0 Å². The van der Waals surface area contributed by atoms with Crippen LogP contribution in [0.5, 0.6) is 0 Å². The molecule has 1 unspecified atom stereocenters. The average Bonchev–Trinajstić information content (AvgIpc) is 2.43. The lowest BCUT2D eigenvalue weighted by Crippen LogP contribution is -2.25. The summed E-state index contributed by atoms with van der Waals surface area (Å²) in [6.07, 6.45) is 7.78. The molecule has 19 heavy (non-hydrogen) atoms. The summed E-state index contributed by atoms with van der Waals surface area (Å²) >= 11 is 0. The molecular weight excluding hydrogens is 237 g/mol. The van der Waals surface area contributed by atoms with Crippen molar-refractivity contribution in [2.45, 2.75) is 58.4 Å². The first kappa shape index (κ1) is 14.5. The minimum atomic E-state index is -0.0238. The van der Waals surface area contributed by atoms with Gasteiger partial charge in [0.1, 0.15) is 5.82 Å². The summed E-state index contributed by atoms with van der Waals surface area (Å²) in [5.41, 5.74) is 1.61. The van der Waals surface area contributed by atoms with Crippen LogP contribution in [-0.4, -0.2) is 6.54 Å². The van der Waals surface area contributed by atoms with Gasteiger partial charge in [-0.2, -0.15) is 0 Å². The van der Waals surface area contributed by atoms with Crippen LogP contribution in [0.2, 0.25) is 0 Å². The van der Waals surface area contributed by atoms with E-state index in [1.165, 1.54) is 32.1 Å². The Labute approximate surface area is 116 Å². The first-order chi connectivity index (χ1) is 9.22. The van der Waals surface area contributed by atoms with Crippen molar-refractivity contribution in [3.8, 4) is 0 Å². The molecule has 0 radical (unpaired) electrons. The second kappa shape index (κ2) is 7.04. The lowest BCUT2D eigenvalue weighted by molar-refractivity contribution is 0.298. The molecule has 1 aliphatic rings. The summed E-state index contributed by atoms with van der Waals surface area (Å²) < 4.78 is 14.3. The molecule has 0 bridgehead atoms. The lowest BCUT2D eigenvalue weighted by atomic mass is 9.83. The van der Waals surface area contributed by atoms with Gasteiger partial charge >= 0.3 is 0 Å². The van der Waals surface area contributed by atoms with Crippen molar-refractivity contribution >= 4 is 0 Å². The Bertz CT molecular complexity index is 396. The monoisotopic (exact) mass is 263 g/mol. The topological polar surface area (TPSA) is 12.0 Å². The van der Waals surface area contributed by atoms with Gasteiger partial charge in [-0.15, -0.1) is 0 Å². The zero-order valence-electron chi connectivity index (χ0n) is 12.2. The summed E-state index contributed by atoms with van der Waals surface area (Å²) in [6, 6.07) is 5.94. The van der Waals surface area contributed by atoms with Gasteiger partial charge in [-0.1, -0.05) is 57.2 Å². The highest BCUT2D eigenvalue weighted by atomic mass is 19.1. The molecule has 0 aliphatic heterocycles. The minimum Gasteiger partial charge on any atom is -0.310 e. The van der Waals surface area contributed by atoms with Gasteiger partial charge in [0, 0.05) is 11.6 Å². The molecule has 0 heterocycles. The van der Waals surface area contributed by atoms with E-state index in [0.29, 0.717) is 0 Å². The van der Waals surface area contributed by atoms with E-state index >= 15 is 0 Å². The van der Waals surface area contributed by atoms with Gasteiger partial charge < -0.3 is 5.32 Å². The third-order valence-electron chi connectivity index (χ3n) is 4.34. The Morgan fingerprint density at radius 2 is 2.00 bits per heavy atom. The smallest absolute Gasteiger partial charge is 0.130 e. The maximum atomic E-state index is 14.3. The van der Waals surface area contributed by atoms with Crippen molar-refractivity contribution in [3.05, 3.63) is 35.1 Å². The second-order valence-electron chi connectivity index (χ2n) is 5.83. The predicted octanol–water partition coefficient (Wildman–Crippen LogP) is 4.76. The number of benzene rings is 1. The van der Waals surface area contributed by atoms with Crippen molar-refractivity contribution in [3.63, 3.8) is 0 Å². The van der Waals surface area contributed by atoms with Crippen molar-refractivity contribution in [1.29, 1.82) is 0 Å². The number of hydrogen-bond donors (Lipinski definition) is 1. The van der Waals surface area contributed by atoms with Gasteiger partial charge in [-0.25, -0.2) is 4.39 Å². The maximum absolute atomic E-state index is 14.3. The molecule has 1 aliphatic carbocycles. The van der Waals surface area contributed by atoms with Gasteiger partial charge in [0.05, 0.1) is 0 Å². The number of aryl methyl sites for hydroxylation is 1. The van der Waals surface area contributed by atoms with E-state index in [9.17, 15) is 4.39 Å². The van der Waals surface area contributed by atoms with Gasteiger partial charge in [0.15, 0.2) is 0 Å². The van der Waals surface area contributed by atoms with Gasteiger partial charge in [0.25, 0.3) is 0 Å². The summed E-state index contributed by atoms with van der Waals surface area (Å²) in [5, 5.41) is 3.47. The van der Waals surface area contributed by atoms with Crippen LogP contribution in [0.15, 0.2) is 18.2 Å². The van der Waals surface area contributed by atoms with Gasteiger partial charge in [-0.3, -0.25) is 0 Å². The number of rotatable bonds is 5. The van der Waals surface area contributed by atoms with Crippen LogP contribution in [0.4, 0.5) is 4.39 Å². The molecule has 0 saturated heterocycles. The largest absolute Gasteiger partial charge is 0.310 e. The van der Waals surface area contributed by atoms with E-state index in [2.05, 4.69) is 12.2 Å². The van der Waals surface area contributed by atoms with Gasteiger partial charge in [-0.05, 0) is 31.4 Å². The van der Waals surface area contributed by atoms with E-state index < -0.39 is 0 Å². The van der Waals surface area contributed by atoms with Crippen LogP contribution in [0, 0.1) is 18.7 Å². The second-order valence-corrected chi connectivity index (χ2v) is 5.83. The zero-order valence-corrected chi connectivity index (χ0v) is 12.2. The fourth-order valence-corrected chi connectivity index (χ4v) is 3.26. The van der Waals surface area contributed by atoms with Crippen LogP contribution in [0.1, 0.15) is 62.6 Å². The quantitative estimate of drug-likeness (QED) is 0.808. The average molecular weight is 263 g/mol. The molecule has 1 aromatic carbocycles. The summed E-state index contributed by atoms with van der Waals surface area (Å²) in [6.45, 7) is 4.84. The van der Waals surface area contributed by atoms with Crippen LogP contribution < -0.4 is 5.32 Å². The molecule has 0 amide bonds. The number of hydrogen-bond acceptors (Lipinski definition) is 1. The standard InChI is InChI=1S/C17H26FN/c1-3-19-16(12-14-9-5-4-6-10-14)15-11-7-8-13(2)17(15)18/h7-8,11,14,16,19H,3-6,9-10,12H2,1-2H3. The van der Waals surface area contributed by atoms with Crippen molar-refractivity contribution in [1.82, 2.24) is 5.32 Å². The Morgan fingerprint density at radius 3 is 2.68 bits per heavy atom. The third kappa shape index (κ3) is 3.79. The fraction of sp³-hybridized carbons (Fsp3) is 0.647. The lowest BCUT2D eigenvalue weighted by Gasteiger charge is -2.27. The highest BCUT2D eigenvalue weighted by Crippen LogP contribution is 2.33. The predicted molar refractivity (Wildman–Crippen MR) is 78.7 cm³/mol. The molecular formula is C17H26FN. The van der Waals surface area contributed by atoms with Crippen LogP contribution in [-0.2, 0) is 0 Å². The van der Waals surface area contributed by atoms with E-state index in [1.807, 2.05) is 25.1 Å². The Kier molecular flexibility index (Phi) is 5.38. The SMILES string of the molecule is CCNC(CC1CCCCC1)c1cccc(C)c1F. The Morgan fingerprint density at radius 1 is 1.26 bits per heavy atom. The summed E-state index contributed by atoms with van der Waals surface area (Å²) in [7, 11) is 0. The molecule has 1 fully saturated rings. The number of halogens is 1. The minimum absolute atomic E-state index is 0.0238. The van der Waals surface area contributed by atoms with Crippen molar-refractivity contribution < 1.29 is 4.39 Å². The molecule has 2 heteroatoms. The Balaban J connectivity index is 2.11. The highest BCUT2D eigenvalue weighted by molar-refractivity contribution is 5.27. The van der Waals surface area contributed by atoms with Crippen molar-refractivity contribution in [2.75, 3.05) is 6.54 Å². The Hall–Kier alpha value is -0.890. The highest BCUT2D eigenvalue weighted by Gasteiger charge is 2.22. The van der Waals surface area contributed by atoms with E-state index in [-0.39, 0.29) is 11.9 Å². The van der Waals surface area contributed by atoms with Crippen LogP contribution in [0.3, 0.4) is 0 Å². The summed E-state index contributed by atoms with van der Waals surface area (Å²) in [5.74, 6) is 0.738. The van der Waals surface area contributed by atoms with E-state index in [1.54, 1.807) is 0 Å². The summed E-state index contributed by atoms with van der Waals surface area (Å²) in [4.78, 5) is 0. The first-order valence-corrected chi connectivity index (χ1v) is 7.70. The molecule has 1 saturated carbocycles. The molecule has 1 nitrogen and oxygen atoms in total. The first-order valence-electron chi connectivity index (χ1n) is 7.70. The third-order valence-corrected chi connectivity index (χ3v) is 4.34. The molecule has 1 aromatic rings. The molecule has 1 atom stereocenters.